The van der Waals surface area contributed by atoms with Crippen molar-refractivity contribution in [3.05, 3.63) is 154 Å². The molecule has 2 aliphatic carbocycles. The van der Waals surface area contributed by atoms with Gasteiger partial charge in [-0.25, -0.2) is 0 Å². The summed E-state index contributed by atoms with van der Waals surface area (Å²) in [6.45, 7) is 35.7. The van der Waals surface area contributed by atoms with Gasteiger partial charge in [-0.15, -0.1) is 0 Å². The van der Waals surface area contributed by atoms with Crippen molar-refractivity contribution in [2.75, 3.05) is 14.7 Å². The van der Waals surface area contributed by atoms with Crippen LogP contribution in [0, 0.1) is 6.92 Å². The number of aryl methyl sites for hydroxylation is 1. The molecule has 5 aliphatic rings. The molecule has 0 saturated heterocycles. The molecule has 3 aliphatic heterocycles. The number of furan rings is 1. The van der Waals surface area contributed by atoms with Crippen LogP contribution in [0.1, 0.15) is 162 Å². The van der Waals surface area contributed by atoms with Crippen LogP contribution in [0.2, 0.25) is 0 Å². The number of anilines is 9. The molecule has 0 amide bonds. The molecule has 4 heterocycles. The molecule has 12 rings (SSSR count). The lowest BCUT2D eigenvalue weighted by Crippen LogP contribution is -2.61. The summed E-state index contributed by atoms with van der Waals surface area (Å²) < 4.78 is 7.83. The topological polar surface area (TPSA) is 22.9 Å². The third kappa shape index (κ3) is 6.99. The summed E-state index contributed by atoms with van der Waals surface area (Å²) in [4.78, 5) is 10.4. The van der Waals surface area contributed by atoms with Crippen LogP contribution in [0.3, 0.4) is 0 Å². The number of hydrogen-bond donors (Lipinski definition) is 0. The highest BCUT2D eigenvalue weighted by Gasteiger charge is 2.53. The molecule has 0 atom stereocenters. The maximum Gasteiger partial charge on any atom is 0.297 e. The van der Waals surface area contributed by atoms with E-state index in [0.29, 0.717) is 0 Å². The van der Waals surface area contributed by atoms with E-state index in [9.17, 15) is 0 Å². The first-order chi connectivity index (χ1) is 33.4. The molecule has 362 valence electrons. The van der Waals surface area contributed by atoms with E-state index in [-0.39, 0.29) is 39.2 Å². The Labute approximate surface area is 429 Å². The van der Waals surface area contributed by atoms with Gasteiger partial charge in [-0.2, -0.15) is 0 Å². The molecule has 0 radical (unpaired) electrons. The maximum atomic E-state index is 7.83. The lowest BCUT2D eigenvalue weighted by Gasteiger charge is -2.46. The van der Waals surface area contributed by atoms with Gasteiger partial charge in [-0.3, -0.25) is 0 Å². The zero-order valence-corrected chi connectivity index (χ0v) is 45.9. The van der Waals surface area contributed by atoms with Crippen LogP contribution >= 0.6 is 11.8 Å². The molecule has 0 spiro atoms. The molecule has 1 aromatic heterocycles. The molecule has 0 N–H and O–H groups in total. The summed E-state index contributed by atoms with van der Waals surface area (Å²) in [6, 6.07) is 45.2. The summed E-state index contributed by atoms with van der Waals surface area (Å²) in [5.41, 5.74) is 22.5. The monoisotopic (exact) mass is 954 g/mol. The van der Waals surface area contributed by atoms with E-state index in [2.05, 4.69) is 234 Å². The summed E-state index contributed by atoms with van der Waals surface area (Å²) >= 11 is 1.88. The van der Waals surface area contributed by atoms with E-state index >= 15 is 0 Å². The largest absolute Gasteiger partial charge is 0.472 e. The lowest BCUT2D eigenvalue weighted by molar-refractivity contribution is 0.282. The Balaban J connectivity index is 1.25. The zero-order chi connectivity index (χ0) is 50.1. The SMILES string of the molecule is Cc1cccc2c1N(c1cc3c4c(c1)N(c1ccc5c(c1)C(C)(C)CCC5(C)C)c1c(oc5c1C(C)(C)CCC5(C)C)B4c1cc(C(C)(C)C)ccc1N3c1ccc(C(C)(C)C)cc1)c1ccccc1S2. The first kappa shape index (κ1) is 46.5. The zero-order valence-electron chi connectivity index (χ0n) is 45.0. The third-order valence-electron chi connectivity index (χ3n) is 17.5. The van der Waals surface area contributed by atoms with Crippen LogP contribution < -0.4 is 31.3 Å². The fourth-order valence-electron chi connectivity index (χ4n) is 13.0. The summed E-state index contributed by atoms with van der Waals surface area (Å²) in [7, 11) is 0. The number of fused-ring (bicyclic) bond motifs is 9. The van der Waals surface area contributed by atoms with Crippen molar-refractivity contribution in [2.24, 2.45) is 0 Å². The van der Waals surface area contributed by atoms with Gasteiger partial charge in [0.05, 0.1) is 28.4 Å². The predicted molar refractivity (Wildman–Crippen MR) is 304 cm³/mol. The first-order valence-electron chi connectivity index (χ1n) is 26.4. The molecule has 0 saturated carbocycles. The minimum atomic E-state index is -0.147. The molecule has 0 fully saturated rings. The van der Waals surface area contributed by atoms with Gasteiger partial charge in [-0.1, -0.05) is 163 Å². The molecule has 4 nitrogen and oxygen atoms in total. The minimum Gasteiger partial charge on any atom is -0.472 e. The van der Waals surface area contributed by atoms with Crippen LogP contribution in [-0.2, 0) is 32.5 Å². The average molecular weight is 954 g/mol. The second kappa shape index (κ2) is 15.2. The number of hydrogen-bond acceptors (Lipinski definition) is 5. The van der Waals surface area contributed by atoms with E-state index in [1.807, 2.05) is 11.8 Å². The van der Waals surface area contributed by atoms with Gasteiger partial charge in [0, 0.05) is 49.2 Å². The highest BCUT2D eigenvalue weighted by Crippen LogP contribution is 2.59. The lowest BCUT2D eigenvalue weighted by atomic mass is 9.35. The van der Waals surface area contributed by atoms with E-state index in [1.165, 1.54) is 100 Å². The second-order valence-corrected chi connectivity index (χ2v) is 27.5. The van der Waals surface area contributed by atoms with Crippen LogP contribution in [-0.4, -0.2) is 6.71 Å². The van der Waals surface area contributed by atoms with Crippen molar-refractivity contribution in [2.45, 2.75) is 172 Å². The molecule has 0 bridgehead atoms. The van der Waals surface area contributed by atoms with Crippen molar-refractivity contribution in [3.8, 4) is 0 Å². The standard InChI is InChI=1S/C65H72BN3OS/c1-39-19-18-22-53-56(39)69(49-20-16-17-21-52(49)71-53)44-37-50-55-51(38-44)68(43-28-29-45-46(36-43)63(10,11)32-31-62(45,8)9)57-54-58(65(14,15)34-33-64(54,12)13)70-59(57)66(55)47-35-41(61(5,6)7)25-30-48(47)67(50)42-26-23-40(24-27-42)60(2,3)4/h16-30,35-38H,31-34H2,1-15H3. The molecular weight excluding hydrogens is 882 g/mol. The average Bonchev–Trinajstić information content (AvgIpc) is 3.74. The molecule has 0 unspecified atom stereocenters. The Morgan fingerprint density at radius 1 is 0.493 bits per heavy atom. The van der Waals surface area contributed by atoms with Gasteiger partial charge in [0.1, 0.15) is 5.76 Å². The number of benzene rings is 6. The van der Waals surface area contributed by atoms with Crippen molar-refractivity contribution in [1.29, 1.82) is 0 Å². The van der Waals surface area contributed by atoms with Gasteiger partial charge < -0.3 is 19.1 Å². The van der Waals surface area contributed by atoms with Crippen molar-refractivity contribution in [3.63, 3.8) is 0 Å². The predicted octanol–water partition coefficient (Wildman–Crippen LogP) is 16.9. The van der Waals surface area contributed by atoms with E-state index in [0.717, 1.165) is 42.1 Å². The third-order valence-corrected chi connectivity index (χ3v) is 18.6. The Hall–Kier alpha value is -5.59. The molecule has 6 aromatic carbocycles. The minimum absolute atomic E-state index is 0.0184. The number of nitrogens with zero attached hydrogens (tertiary/aromatic N) is 3. The Morgan fingerprint density at radius 2 is 1.08 bits per heavy atom. The highest BCUT2D eigenvalue weighted by atomic mass is 32.2. The van der Waals surface area contributed by atoms with Crippen molar-refractivity contribution < 1.29 is 4.42 Å². The maximum absolute atomic E-state index is 7.83. The van der Waals surface area contributed by atoms with E-state index in [4.69, 9.17) is 4.42 Å². The van der Waals surface area contributed by atoms with Crippen LogP contribution in [0.5, 0.6) is 0 Å². The van der Waals surface area contributed by atoms with Crippen molar-refractivity contribution in [1.82, 2.24) is 0 Å². The smallest absolute Gasteiger partial charge is 0.297 e. The van der Waals surface area contributed by atoms with E-state index < -0.39 is 0 Å². The van der Waals surface area contributed by atoms with Gasteiger partial charge in [-0.05, 0) is 159 Å². The van der Waals surface area contributed by atoms with Crippen LogP contribution in [0.15, 0.2) is 129 Å². The number of para-hydroxylation sites is 2. The van der Waals surface area contributed by atoms with Crippen molar-refractivity contribution >= 4 is 86.2 Å². The molecule has 71 heavy (non-hydrogen) atoms. The second-order valence-electron chi connectivity index (χ2n) is 26.4. The van der Waals surface area contributed by atoms with Gasteiger partial charge >= 0.3 is 0 Å². The first-order valence-corrected chi connectivity index (χ1v) is 27.2. The summed E-state index contributed by atoms with van der Waals surface area (Å²) in [5.74, 6) is 1.15. The fraction of sp³-hybridized carbons (Fsp3) is 0.385. The fourth-order valence-corrected chi connectivity index (χ4v) is 14.1. The van der Waals surface area contributed by atoms with E-state index in [1.54, 1.807) is 0 Å². The molecule has 7 aromatic rings. The van der Waals surface area contributed by atoms with Gasteiger partial charge in [0.25, 0.3) is 6.71 Å². The Morgan fingerprint density at radius 3 is 1.79 bits per heavy atom. The summed E-state index contributed by atoms with van der Waals surface area (Å²) in [5, 5.41) is 0. The highest BCUT2D eigenvalue weighted by molar-refractivity contribution is 7.99. The van der Waals surface area contributed by atoms with Gasteiger partial charge in [0.15, 0.2) is 0 Å². The Kier molecular flexibility index (Phi) is 9.97. The summed E-state index contributed by atoms with van der Waals surface area (Å²) in [6.07, 6.45) is 4.48. The van der Waals surface area contributed by atoms with Crippen LogP contribution in [0.25, 0.3) is 0 Å². The van der Waals surface area contributed by atoms with Crippen LogP contribution in [0.4, 0.5) is 51.2 Å². The molecular formula is C65H72BN3OS. The Bertz CT molecular complexity index is 3360. The quantitative estimate of drug-likeness (QED) is 0.164. The molecule has 6 heteroatoms. The number of rotatable bonds is 3. The van der Waals surface area contributed by atoms with Gasteiger partial charge in [0.2, 0.25) is 0 Å². The normalized spacial score (nSPS) is 18.7.